The van der Waals surface area contributed by atoms with Crippen LogP contribution in [0, 0.1) is 5.92 Å². The molecule has 3 nitrogen and oxygen atoms in total. The maximum atomic E-state index is 12.3. The van der Waals surface area contributed by atoms with Crippen LogP contribution in [-0.2, 0) is 17.6 Å². The molecule has 21 heavy (non-hydrogen) atoms. The molecule has 3 heterocycles. The molecule has 0 spiro atoms. The highest BCUT2D eigenvalue weighted by atomic mass is 32.1. The smallest absolute Gasteiger partial charge is 0.227 e. The Morgan fingerprint density at radius 2 is 1.95 bits per heavy atom. The Kier molecular flexibility index (Phi) is 4.65. The number of hydrogen-bond donors (Lipinski definition) is 0. The van der Waals surface area contributed by atoms with E-state index in [1.165, 1.54) is 5.56 Å². The molecule has 1 aliphatic rings. The van der Waals surface area contributed by atoms with Gasteiger partial charge in [0.2, 0.25) is 5.91 Å². The molecule has 4 heteroatoms. The van der Waals surface area contributed by atoms with Gasteiger partial charge in [0, 0.05) is 25.5 Å². The standard InChI is InChI=1S/C17H20N2OS/c20-17(12-16-5-10-21-13-16)19-8-3-15(4-9-19)11-14-1-6-18-7-2-14/h1-2,5-7,10,13,15H,3-4,8-9,11-12H2. The fourth-order valence-corrected chi connectivity index (χ4v) is 3.59. The van der Waals surface area contributed by atoms with Crippen LogP contribution in [0.3, 0.4) is 0 Å². The van der Waals surface area contributed by atoms with Gasteiger partial charge in [0.1, 0.15) is 0 Å². The molecule has 0 N–H and O–H groups in total. The van der Waals surface area contributed by atoms with E-state index >= 15 is 0 Å². The Labute approximate surface area is 129 Å². The number of piperidine rings is 1. The zero-order valence-electron chi connectivity index (χ0n) is 12.1. The number of rotatable bonds is 4. The van der Waals surface area contributed by atoms with Crippen LogP contribution < -0.4 is 0 Å². The summed E-state index contributed by atoms with van der Waals surface area (Å²) in [6, 6.07) is 6.22. The fraction of sp³-hybridized carbons (Fsp3) is 0.412. The van der Waals surface area contributed by atoms with Gasteiger partial charge in [-0.1, -0.05) is 0 Å². The summed E-state index contributed by atoms with van der Waals surface area (Å²) in [7, 11) is 0. The molecule has 0 aliphatic carbocycles. The fourth-order valence-electron chi connectivity index (χ4n) is 2.92. The summed E-state index contributed by atoms with van der Waals surface area (Å²) in [5.74, 6) is 0.966. The van der Waals surface area contributed by atoms with Crippen LogP contribution in [0.25, 0.3) is 0 Å². The molecular formula is C17H20N2OS. The Balaban J connectivity index is 1.47. The molecular weight excluding hydrogens is 280 g/mol. The lowest BCUT2D eigenvalue weighted by Gasteiger charge is -2.32. The van der Waals surface area contributed by atoms with Crippen molar-refractivity contribution in [1.29, 1.82) is 0 Å². The Bertz CT molecular complexity index is 560. The van der Waals surface area contributed by atoms with Gasteiger partial charge in [0.15, 0.2) is 0 Å². The van der Waals surface area contributed by atoms with Crippen molar-refractivity contribution in [2.75, 3.05) is 13.1 Å². The Hall–Kier alpha value is -1.68. The zero-order chi connectivity index (χ0) is 14.5. The number of carbonyl (C=O) groups is 1. The molecule has 1 amide bonds. The maximum absolute atomic E-state index is 12.3. The van der Waals surface area contributed by atoms with Crippen molar-refractivity contribution in [3.63, 3.8) is 0 Å². The third-order valence-corrected chi connectivity index (χ3v) is 4.91. The lowest BCUT2D eigenvalue weighted by Crippen LogP contribution is -2.39. The van der Waals surface area contributed by atoms with E-state index in [0.717, 1.165) is 37.9 Å². The van der Waals surface area contributed by atoms with Crippen LogP contribution in [-0.4, -0.2) is 28.9 Å². The first kappa shape index (κ1) is 14.3. The van der Waals surface area contributed by atoms with Crippen molar-refractivity contribution < 1.29 is 4.79 Å². The van der Waals surface area contributed by atoms with Gasteiger partial charge in [-0.3, -0.25) is 9.78 Å². The summed E-state index contributed by atoms with van der Waals surface area (Å²) in [6.07, 6.45) is 7.59. The summed E-state index contributed by atoms with van der Waals surface area (Å²) in [4.78, 5) is 18.3. The van der Waals surface area contributed by atoms with Gasteiger partial charge < -0.3 is 4.90 Å². The summed E-state index contributed by atoms with van der Waals surface area (Å²) in [6.45, 7) is 1.80. The van der Waals surface area contributed by atoms with Crippen molar-refractivity contribution >= 4 is 17.2 Å². The molecule has 0 saturated carbocycles. The first-order valence-corrected chi connectivity index (χ1v) is 8.43. The number of aromatic nitrogens is 1. The first-order chi connectivity index (χ1) is 10.3. The van der Waals surface area contributed by atoms with E-state index in [4.69, 9.17) is 0 Å². The highest BCUT2D eigenvalue weighted by Crippen LogP contribution is 2.22. The summed E-state index contributed by atoms with van der Waals surface area (Å²) < 4.78 is 0. The van der Waals surface area contributed by atoms with E-state index in [0.29, 0.717) is 12.3 Å². The van der Waals surface area contributed by atoms with Gasteiger partial charge in [-0.25, -0.2) is 0 Å². The zero-order valence-corrected chi connectivity index (χ0v) is 12.9. The molecule has 0 radical (unpaired) electrons. The van der Waals surface area contributed by atoms with Gasteiger partial charge in [-0.15, -0.1) is 0 Å². The number of nitrogens with zero attached hydrogens (tertiary/aromatic N) is 2. The third-order valence-electron chi connectivity index (χ3n) is 4.18. The van der Waals surface area contributed by atoms with E-state index in [9.17, 15) is 4.79 Å². The first-order valence-electron chi connectivity index (χ1n) is 7.49. The number of amides is 1. The molecule has 0 aromatic carbocycles. The SMILES string of the molecule is O=C(Cc1ccsc1)N1CCC(Cc2ccncc2)CC1. The predicted molar refractivity (Wildman–Crippen MR) is 85.3 cm³/mol. The molecule has 0 bridgehead atoms. The van der Waals surface area contributed by atoms with Gasteiger partial charge in [-0.2, -0.15) is 11.3 Å². The minimum Gasteiger partial charge on any atom is -0.342 e. The third kappa shape index (κ3) is 3.91. The number of likely N-dealkylation sites (tertiary alicyclic amines) is 1. The van der Waals surface area contributed by atoms with E-state index in [1.54, 1.807) is 11.3 Å². The van der Waals surface area contributed by atoms with Crippen LogP contribution in [0.5, 0.6) is 0 Å². The number of pyridine rings is 1. The summed E-state index contributed by atoms with van der Waals surface area (Å²) >= 11 is 1.65. The molecule has 1 fully saturated rings. The Morgan fingerprint density at radius 3 is 2.62 bits per heavy atom. The van der Waals surface area contributed by atoms with Crippen LogP contribution in [0.15, 0.2) is 41.4 Å². The average Bonchev–Trinajstić information content (AvgIpc) is 3.02. The lowest BCUT2D eigenvalue weighted by atomic mass is 9.90. The second-order valence-corrected chi connectivity index (χ2v) is 6.47. The summed E-state index contributed by atoms with van der Waals surface area (Å²) in [5, 5.41) is 4.09. The molecule has 3 rings (SSSR count). The quantitative estimate of drug-likeness (QED) is 0.869. The van der Waals surface area contributed by atoms with E-state index in [-0.39, 0.29) is 5.91 Å². The molecule has 110 valence electrons. The van der Waals surface area contributed by atoms with Gasteiger partial charge >= 0.3 is 0 Å². The largest absolute Gasteiger partial charge is 0.342 e. The molecule has 1 aliphatic heterocycles. The number of hydrogen-bond acceptors (Lipinski definition) is 3. The van der Waals surface area contributed by atoms with E-state index < -0.39 is 0 Å². The predicted octanol–water partition coefficient (Wildman–Crippen LogP) is 3.17. The lowest BCUT2D eigenvalue weighted by molar-refractivity contribution is -0.131. The molecule has 0 unspecified atom stereocenters. The van der Waals surface area contributed by atoms with E-state index in [2.05, 4.69) is 22.5 Å². The van der Waals surface area contributed by atoms with Crippen molar-refractivity contribution in [2.24, 2.45) is 5.92 Å². The van der Waals surface area contributed by atoms with Crippen LogP contribution in [0.4, 0.5) is 0 Å². The van der Waals surface area contributed by atoms with Crippen LogP contribution in [0.2, 0.25) is 0 Å². The highest BCUT2D eigenvalue weighted by molar-refractivity contribution is 7.07. The van der Waals surface area contributed by atoms with E-state index in [1.807, 2.05) is 28.7 Å². The minimum atomic E-state index is 0.274. The molecule has 2 aromatic heterocycles. The molecule has 0 atom stereocenters. The number of thiophene rings is 1. The van der Waals surface area contributed by atoms with Gasteiger partial charge in [0.05, 0.1) is 6.42 Å². The average molecular weight is 300 g/mol. The van der Waals surface area contributed by atoms with Crippen molar-refractivity contribution in [2.45, 2.75) is 25.7 Å². The normalized spacial score (nSPS) is 16.1. The summed E-state index contributed by atoms with van der Waals surface area (Å²) in [5.41, 5.74) is 2.50. The topological polar surface area (TPSA) is 33.2 Å². The van der Waals surface area contributed by atoms with Crippen LogP contribution >= 0.6 is 11.3 Å². The maximum Gasteiger partial charge on any atom is 0.227 e. The molecule has 2 aromatic rings. The number of carbonyl (C=O) groups excluding carboxylic acids is 1. The van der Waals surface area contributed by atoms with Crippen molar-refractivity contribution in [3.05, 3.63) is 52.5 Å². The second-order valence-electron chi connectivity index (χ2n) is 5.69. The molecule has 1 saturated heterocycles. The van der Waals surface area contributed by atoms with Crippen molar-refractivity contribution in [3.8, 4) is 0 Å². The minimum absolute atomic E-state index is 0.274. The van der Waals surface area contributed by atoms with Crippen LogP contribution in [0.1, 0.15) is 24.0 Å². The van der Waals surface area contributed by atoms with Gasteiger partial charge in [0.25, 0.3) is 0 Å². The van der Waals surface area contributed by atoms with Gasteiger partial charge in [-0.05, 0) is 65.3 Å². The Morgan fingerprint density at radius 1 is 1.19 bits per heavy atom. The van der Waals surface area contributed by atoms with Crippen molar-refractivity contribution in [1.82, 2.24) is 9.88 Å². The monoisotopic (exact) mass is 300 g/mol. The second kappa shape index (κ2) is 6.85. The highest BCUT2D eigenvalue weighted by Gasteiger charge is 2.22.